The van der Waals surface area contributed by atoms with Gasteiger partial charge in [-0.2, -0.15) is 5.26 Å². The summed E-state index contributed by atoms with van der Waals surface area (Å²) < 4.78 is 30.6. The molecule has 1 N–H and O–H groups in total. The van der Waals surface area contributed by atoms with Crippen molar-refractivity contribution in [1.82, 2.24) is 4.90 Å². The number of likely N-dealkylation sites (tertiary alicyclic amines) is 1. The van der Waals surface area contributed by atoms with Crippen molar-refractivity contribution in [2.45, 2.75) is 25.2 Å². The molecular weight excluding hydrogens is 366 g/mol. The maximum Gasteiger partial charge on any atom is 0.320 e. The summed E-state index contributed by atoms with van der Waals surface area (Å²) in [6.07, 6.45) is 1.96. The second-order valence-electron chi connectivity index (χ2n) is 7.38. The molecule has 2 fully saturated rings. The molecule has 0 radical (unpaired) electrons. The highest BCUT2D eigenvalue weighted by Gasteiger charge is 2.67. The molecular formula is C19H25N3O4S. The quantitative estimate of drug-likeness (QED) is 0.678. The van der Waals surface area contributed by atoms with Crippen molar-refractivity contribution in [1.29, 1.82) is 5.26 Å². The van der Waals surface area contributed by atoms with Crippen molar-refractivity contribution in [2.75, 3.05) is 37.2 Å². The zero-order valence-corrected chi connectivity index (χ0v) is 16.5. The van der Waals surface area contributed by atoms with E-state index in [9.17, 15) is 13.2 Å². The zero-order chi connectivity index (χ0) is 19.7. The van der Waals surface area contributed by atoms with Crippen LogP contribution in [0.3, 0.4) is 0 Å². The van der Waals surface area contributed by atoms with Crippen LogP contribution in [-0.4, -0.2) is 51.8 Å². The van der Waals surface area contributed by atoms with Crippen LogP contribution in [0.1, 0.15) is 25.3 Å². The molecule has 1 aliphatic carbocycles. The number of benzene rings is 1. The van der Waals surface area contributed by atoms with Gasteiger partial charge in [-0.1, -0.05) is 19.1 Å². The molecule has 3 rings (SSSR count). The van der Waals surface area contributed by atoms with E-state index in [2.05, 4.69) is 22.6 Å². The third kappa shape index (κ3) is 4.09. The van der Waals surface area contributed by atoms with Crippen LogP contribution in [0, 0.1) is 23.2 Å². The Morgan fingerprint density at radius 2 is 2.11 bits per heavy atom. The zero-order valence-electron chi connectivity index (χ0n) is 15.6. The second kappa shape index (κ2) is 7.49. The molecule has 1 aromatic rings. The van der Waals surface area contributed by atoms with E-state index in [1.165, 1.54) is 5.56 Å². The fourth-order valence-electron chi connectivity index (χ4n) is 4.65. The van der Waals surface area contributed by atoms with Crippen LogP contribution in [0.2, 0.25) is 0 Å². The van der Waals surface area contributed by atoms with E-state index >= 15 is 0 Å². The second-order valence-corrected chi connectivity index (χ2v) is 9.13. The van der Waals surface area contributed by atoms with E-state index < -0.39 is 16.0 Å². The van der Waals surface area contributed by atoms with E-state index in [1.807, 2.05) is 12.1 Å². The number of piperidine rings is 1. The smallest absolute Gasteiger partial charge is 0.320 e. The van der Waals surface area contributed by atoms with Gasteiger partial charge in [-0.3, -0.25) is 14.4 Å². The van der Waals surface area contributed by atoms with E-state index in [0.717, 1.165) is 25.8 Å². The number of ether oxygens (including phenoxy) is 1. The minimum atomic E-state index is -3.29. The fraction of sp³-hybridized carbons (Fsp3) is 0.579. The minimum absolute atomic E-state index is 0.100. The number of nitrogens with one attached hydrogen (secondary N) is 1. The van der Waals surface area contributed by atoms with Gasteiger partial charge in [0, 0.05) is 30.7 Å². The third-order valence-corrected chi connectivity index (χ3v) is 6.40. The topological polar surface area (TPSA) is 99.5 Å². The highest BCUT2D eigenvalue weighted by Crippen LogP contribution is 2.65. The lowest BCUT2D eigenvalue weighted by Gasteiger charge is -2.26. The van der Waals surface area contributed by atoms with Crippen molar-refractivity contribution in [3.05, 3.63) is 29.8 Å². The predicted molar refractivity (Wildman–Crippen MR) is 101 cm³/mol. The van der Waals surface area contributed by atoms with E-state index in [0.29, 0.717) is 30.7 Å². The summed E-state index contributed by atoms with van der Waals surface area (Å²) in [4.78, 5) is 13.5. The number of esters is 1. The number of fused-ring (bicyclic) bond motifs is 1. The van der Waals surface area contributed by atoms with Crippen LogP contribution in [0.25, 0.3) is 0 Å². The van der Waals surface area contributed by atoms with E-state index in [-0.39, 0.29) is 11.8 Å². The number of nitrogens with zero attached hydrogens (tertiary/aromatic N) is 2. The van der Waals surface area contributed by atoms with Crippen LogP contribution >= 0.6 is 0 Å². The Kier molecular flexibility index (Phi) is 5.45. The predicted octanol–water partition coefficient (Wildman–Crippen LogP) is 1.72. The monoisotopic (exact) mass is 391 g/mol. The highest BCUT2D eigenvalue weighted by atomic mass is 32.2. The van der Waals surface area contributed by atoms with Crippen molar-refractivity contribution in [3.63, 3.8) is 0 Å². The largest absolute Gasteiger partial charge is 0.464 e. The van der Waals surface area contributed by atoms with Gasteiger partial charge in [-0.15, -0.1) is 0 Å². The Hall–Kier alpha value is -2.11. The summed E-state index contributed by atoms with van der Waals surface area (Å²) in [5.74, 6) is 0.594. The number of rotatable bonds is 8. The maximum absolute atomic E-state index is 11.5. The average Bonchev–Trinajstić information content (AvgIpc) is 2.97. The number of nitriles is 1. The van der Waals surface area contributed by atoms with Crippen LogP contribution < -0.4 is 4.72 Å². The lowest BCUT2D eigenvalue weighted by Crippen LogP contribution is -2.33. The first kappa shape index (κ1) is 19.6. The molecule has 2 aliphatic rings. The van der Waals surface area contributed by atoms with Gasteiger partial charge in [-0.05, 0) is 36.0 Å². The van der Waals surface area contributed by atoms with Gasteiger partial charge in [-0.25, -0.2) is 8.42 Å². The summed E-state index contributed by atoms with van der Waals surface area (Å²) in [5, 5.41) is 8.46. The number of hydrogen-bond donors (Lipinski definition) is 1. The molecule has 0 spiro atoms. The molecule has 8 heteroatoms. The molecule has 1 aliphatic heterocycles. The summed E-state index contributed by atoms with van der Waals surface area (Å²) in [5.41, 5.74) is 1.89. The van der Waals surface area contributed by atoms with Crippen molar-refractivity contribution < 1.29 is 17.9 Å². The number of sulfonamides is 1. The molecule has 27 heavy (non-hydrogen) atoms. The summed E-state index contributed by atoms with van der Waals surface area (Å²) in [6.45, 7) is 5.06. The van der Waals surface area contributed by atoms with Gasteiger partial charge in [0.05, 0.1) is 12.3 Å². The van der Waals surface area contributed by atoms with E-state index in [1.54, 1.807) is 12.1 Å². The number of carbonyl (C=O) groups excluding carboxylic acids is 1. The molecule has 1 aromatic carbocycles. The number of hydrogen-bond acceptors (Lipinski definition) is 6. The Morgan fingerprint density at radius 1 is 1.41 bits per heavy atom. The molecule has 1 saturated carbocycles. The number of carbonyl (C=O) groups is 1. The fourth-order valence-corrected chi connectivity index (χ4v) is 5.20. The first-order chi connectivity index (χ1) is 12.8. The Balaban J connectivity index is 1.60. The SMILES string of the molecule is CCC1(c2cccc(NS(C)(=O)=O)c2)C2CN(CCOC(=O)CC#N)CC21. The molecule has 0 amide bonds. The van der Waals surface area contributed by atoms with Crippen LogP contribution in [0.15, 0.2) is 24.3 Å². The third-order valence-electron chi connectivity index (χ3n) is 5.79. The molecule has 0 aromatic heterocycles. The molecule has 1 heterocycles. The van der Waals surface area contributed by atoms with Crippen LogP contribution in [-0.2, 0) is 25.0 Å². The van der Waals surface area contributed by atoms with Gasteiger partial charge in [0.25, 0.3) is 0 Å². The molecule has 146 valence electrons. The maximum atomic E-state index is 11.5. The van der Waals surface area contributed by atoms with Crippen molar-refractivity contribution in [3.8, 4) is 6.07 Å². The highest BCUT2D eigenvalue weighted by molar-refractivity contribution is 7.92. The van der Waals surface area contributed by atoms with Crippen molar-refractivity contribution in [2.24, 2.45) is 11.8 Å². The van der Waals surface area contributed by atoms with Crippen LogP contribution in [0.4, 0.5) is 5.69 Å². The standard InChI is InChI=1S/C19H25N3O4S/c1-3-19(14-5-4-6-15(11-14)21-27(2,24)25)16-12-22(13-17(16)19)9-10-26-18(23)7-8-20/h4-6,11,16-17,21H,3,7,9-10,12-13H2,1-2H3. The molecule has 2 atom stereocenters. The van der Waals surface area contributed by atoms with E-state index in [4.69, 9.17) is 10.00 Å². The average molecular weight is 391 g/mol. The minimum Gasteiger partial charge on any atom is -0.464 e. The van der Waals surface area contributed by atoms with Gasteiger partial charge >= 0.3 is 5.97 Å². The normalized spacial score (nSPS) is 26.9. The number of anilines is 1. The Morgan fingerprint density at radius 3 is 2.70 bits per heavy atom. The Bertz CT molecular complexity index is 850. The lowest BCUT2D eigenvalue weighted by atomic mass is 9.87. The van der Waals surface area contributed by atoms with Crippen LogP contribution in [0.5, 0.6) is 0 Å². The Labute approximate surface area is 160 Å². The lowest BCUT2D eigenvalue weighted by molar-refractivity contribution is -0.142. The molecule has 0 bridgehead atoms. The summed E-state index contributed by atoms with van der Waals surface area (Å²) in [7, 11) is -3.29. The van der Waals surface area contributed by atoms with Gasteiger partial charge in [0.15, 0.2) is 0 Å². The van der Waals surface area contributed by atoms with Gasteiger partial charge in [0.1, 0.15) is 13.0 Å². The first-order valence-electron chi connectivity index (χ1n) is 9.13. The van der Waals surface area contributed by atoms with Crippen molar-refractivity contribution >= 4 is 21.7 Å². The summed E-state index contributed by atoms with van der Waals surface area (Å²) >= 11 is 0. The summed E-state index contributed by atoms with van der Waals surface area (Å²) in [6, 6.07) is 9.50. The first-order valence-corrected chi connectivity index (χ1v) is 11.0. The van der Waals surface area contributed by atoms with Gasteiger partial charge < -0.3 is 4.74 Å². The molecule has 7 nitrogen and oxygen atoms in total. The molecule has 1 saturated heterocycles. The van der Waals surface area contributed by atoms with Gasteiger partial charge in [0.2, 0.25) is 10.0 Å². The molecule has 2 unspecified atom stereocenters.